The Kier molecular flexibility index (Phi) is 3.93. The number of fused-ring (bicyclic) bond motifs is 1. The standard InChI is InChI=1S/C16H18INO/c17-14-7-5-12(6-8-14)9-18-10-13-3-1-2-4-16(19)15(13)11-18/h5-8,10-11,16,19H,1-4,9H2. The van der Waals surface area contributed by atoms with Crippen molar-refractivity contribution in [3.8, 4) is 0 Å². The molecular formula is C16H18INO. The second-order valence-corrected chi connectivity index (χ2v) is 6.54. The van der Waals surface area contributed by atoms with Crippen molar-refractivity contribution in [3.63, 3.8) is 0 Å². The lowest BCUT2D eigenvalue weighted by molar-refractivity contribution is 0.166. The SMILES string of the molecule is OC1CCCCc2cn(Cc3ccc(I)cc3)cc21. The third-order valence-electron chi connectivity index (χ3n) is 3.81. The summed E-state index contributed by atoms with van der Waals surface area (Å²) in [6.07, 6.45) is 8.40. The number of rotatable bonds is 2. The summed E-state index contributed by atoms with van der Waals surface area (Å²) in [5.74, 6) is 0. The Labute approximate surface area is 127 Å². The molecule has 0 radical (unpaired) electrons. The van der Waals surface area contributed by atoms with Gasteiger partial charge >= 0.3 is 0 Å². The van der Waals surface area contributed by atoms with E-state index in [0.717, 1.165) is 31.4 Å². The minimum Gasteiger partial charge on any atom is -0.388 e. The van der Waals surface area contributed by atoms with Crippen LogP contribution in [0.5, 0.6) is 0 Å². The second kappa shape index (κ2) is 5.67. The average Bonchev–Trinajstić information content (AvgIpc) is 2.72. The molecule has 3 rings (SSSR count). The van der Waals surface area contributed by atoms with Crippen molar-refractivity contribution in [3.05, 3.63) is 56.9 Å². The molecule has 1 N–H and O–H groups in total. The summed E-state index contributed by atoms with van der Waals surface area (Å²) in [5, 5.41) is 10.1. The first-order chi connectivity index (χ1) is 9.22. The number of aliphatic hydroxyl groups excluding tert-OH is 1. The molecule has 1 aliphatic carbocycles. The van der Waals surface area contributed by atoms with Gasteiger partial charge in [0.1, 0.15) is 0 Å². The van der Waals surface area contributed by atoms with Crippen LogP contribution in [0.4, 0.5) is 0 Å². The number of hydrogen-bond donors (Lipinski definition) is 1. The predicted octanol–water partition coefficient (Wildman–Crippen LogP) is 3.90. The highest BCUT2D eigenvalue weighted by Crippen LogP contribution is 2.29. The maximum Gasteiger partial charge on any atom is 0.0807 e. The lowest BCUT2D eigenvalue weighted by atomic mass is 10.1. The summed E-state index contributed by atoms with van der Waals surface area (Å²) >= 11 is 2.32. The minimum atomic E-state index is -0.268. The highest BCUT2D eigenvalue weighted by Gasteiger charge is 2.18. The predicted molar refractivity (Wildman–Crippen MR) is 85.2 cm³/mol. The Bertz CT molecular complexity index is 559. The number of halogens is 1. The Morgan fingerprint density at radius 2 is 1.95 bits per heavy atom. The van der Waals surface area contributed by atoms with Crippen LogP contribution < -0.4 is 0 Å². The summed E-state index contributed by atoms with van der Waals surface area (Å²) in [6.45, 7) is 0.886. The molecule has 0 spiro atoms. The van der Waals surface area contributed by atoms with Crippen molar-refractivity contribution in [2.75, 3.05) is 0 Å². The van der Waals surface area contributed by atoms with Crippen LogP contribution in [-0.4, -0.2) is 9.67 Å². The van der Waals surface area contributed by atoms with Gasteiger partial charge in [0.25, 0.3) is 0 Å². The zero-order chi connectivity index (χ0) is 13.2. The Morgan fingerprint density at radius 3 is 2.74 bits per heavy atom. The number of hydrogen-bond acceptors (Lipinski definition) is 1. The number of aromatic nitrogens is 1. The molecule has 0 bridgehead atoms. The van der Waals surface area contributed by atoms with Crippen LogP contribution in [0.2, 0.25) is 0 Å². The van der Waals surface area contributed by atoms with Crippen LogP contribution in [0.3, 0.4) is 0 Å². The average molecular weight is 367 g/mol. The van der Waals surface area contributed by atoms with Gasteiger partial charge in [0.15, 0.2) is 0 Å². The first kappa shape index (κ1) is 13.2. The fourth-order valence-electron chi connectivity index (χ4n) is 2.78. The molecule has 0 aliphatic heterocycles. The molecule has 100 valence electrons. The van der Waals surface area contributed by atoms with Gasteiger partial charge in [0.05, 0.1) is 6.10 Å². The van der Waals surface area contributed by atoms with Crippen LogP contribution in [-0.2, 0) is 13.0 Å². The summed E-state index contributed by atoms with van der Waals surface area (Å²) in [7, 11) is 0. The van der Waals surface area contributed by atoms with Gasteiger partial charge in [-0.05, 0) is 65.1 Å². The topological polar surface area (TPSA) is 25.2 Å². The molecule has 19 heavy (non-hydrogen) atoms. The minimum absolute atomic E-state index is 0.268. The van der Waals surface area contributed by atoms with E-state index in [2.05, 4.69) is 63.8 Å². The third-order valence-corrected chi connectivity index (χ3v) is 4.53. The highest BCUT2D eigenvalue weighted by atomic mass is 127. The van der Waals surface area contributed by atoms with E-state index in [9.17, 15) is 5.11 Å². The fraction of sp³-hybridized carbons (Fsp3) is 0.375. The molecule has 1 aromatic heterocycles. The molecular weight excluding hydrogens is 349 g/mol. The smallest absolute Gasteiger partial charge is 0.0807 e. The van der Waals surface area contributed by atoms with Crippen LogP contribution in [0.25, 0.3) is 0 Å². The first-order valence-corrected chi connectivity index (χ1v) is 7.91. The molecule has 0 fully saturated rings. The second-order valence-electron chi connectivity index (χ2n) is 5.30. The Morgan fingerprint density at radius 1 is 1.16 bits per heavy atom. The van der Waals surface area contributed by atoms with Gasteiger partial charge in [-0.25, -0.2) is 0 Å². The van der Waals surface area contributed by atoms with Crippen molar-refractivity contribution < 1.29 is 5.11 Å². The molecule has 2 aromatic rings. The van der Waals surface area contributed by atoms with Crippen molar-refractivity contribution in [1.82, 2.24) is 4.57 Å². The molecule has 2 nitrogen and oxygen atoms in total. The molecule has 0 saturated carbocycles. The van der Waals surface area contributed by atoms with Crippen molar-refractivity contribution >= 4 is 22.6 Å². The van der Waals surface area contributed by atoms with Crippen molar-refractivity contribution in [2.45, 2.75) is 38.3 Å². The van der Waals surface area contributed by atoms with Gasteiger partial charge in [0.2, 0.25) is 0 Å². The lowest BCUT2D eigenvalue weighted by Gasteiger charge is -2.06. The van der Waals surface area contributed by atoms with E-state index in [1.807, 2.05) is 0 Å². The summed E-state index contributed by atoms with van der Waals surface area (Å²) in [6, 6.07) is 8.62. The van der Waals surface area contributed by atoms with Gasteiger partial charge in [-0.15, -0.1) is 0 Å². The van der Waals surface area contributed by atoms with Crippen LogP contribution in [0.1, 0.15) is 42.1 Å². The molecule has 1 atom stereocenters. The quantitative estimate of drug-likeness (QED) is 0.632. The van der Waals surface area contributed by atoms with E-state index in [1.54, 1.807) is 0 Å². The van der Waals surface area contributed by atoms with E-state index in [-0.39, 0.29) is 6.10 Å². The normalized spacial score (nSPS) is 18.9. The van der Waals surface area contributed by atoms with Gasteiger partial charge in [-0.3, -0.25) is 0 Å². The van der Waals surface area contributed by atoms with Crippen molar-refractivity contribution in [2.24, 2.45) is 0 Å². The molecule has 0 saturated heterocycles. The summed E-state index contributed by atoms with van der Waals surface area (Å²) in [4.78, 5) is 0. The zero-order valence-corrected chi connectivity index (χ0v) is 13.0. The number of nitrogens with zero attached hydrogens (tertiary/aromatic N) is 1. The van der Waals surface area contributed by atoms with E-state index in [0.29, 0.717) is 0 Å². The van der Waals surface area contributed by atoms with Crippen LogP contribution in [0, 0.1) is 3.57 Å². The van der Waals surface area contributed by atoms with E-state index < -0.39 is 0 Å². The monoisotopic (exact) mass is 367 g/mol. The number of benzene rings is 1. The van der Waals surface area contributed by atoms with Gasteiger partial charge in [-0.2, -0.15) is 0 Å². The third kappa shape index (κ3) is 3.03. The molecule has 1 aliphatic rings. The zero-order valence-electron chi connectivity index (χ0n) is 10.8. The van der Waals surface area contributed by atoms with E-state index in [1.165, 1.54) is 21.1 Å². The molecule has 3 heteroatoms. The molecule has 1 unspecified atom stereocenters. The maximum absolute atomic E-state index is 10.1. The largest absolute Gasteiger partial charge is 0.388 e. The van der Waals surface area contributed by atoms with E-state index >= 15 is 0 Å². The Hall–Kier alpha value is -0.810. The van der Waals surface area contributed by atoms with Gasteiger partial charge in [0, 0.05) is 28.1 Å². The summed E-state index contributed by atoms with van der Waals surface area (Å²) < 4.78 is 3.47. The lowest BCUT2D eigenvalue weighted by Crippen LogP contribution is -1.98. The fourth-order valence-corrected chi connectivity index (χ4v) is 3.14. The van der Waals surface area contributed by atoms with Gasteiger partial charge < -0.3 is 9.67 Å². The number of aliphatic hydroxyl groups is 1. The van der Waals surface area contributed by atoms with Gasteiger partial charge in [-0.1, -0.05) is 18.6 Å². The summed E-state index contributed by atoms with van der Waals surface area (Å²) in [5.41, 5.74) is 3.78. The van der Waals surface area contributed by atoms with E-state index in [4.69, 9.17) is 0 Å². The van der Waals surface area contributed by atoms with Crippen LogP contribution >= 0.6 is 22.6 Å². The molecule has 1 aromatic carbocycles. The Balaban J connectivity index is 1.82. The maximum atomic E-state index is 10.1. The molecule has 0 amide bonds. The highest BCUT2D eigenvalue weighted by molar-refractivity contribution is 14.1. The van der Waals surface area contributed by atoms with Crippen molar-refractivity contribution in [1.29, 1.82) is 0 Å². The number of aryl methyl sites for hydroxylation is 1. The molecule has 1 heterocycles. The first-order valence-electron chi connectivity index (χ1n) is 6.83. The van der Waals surface area contributed by atoms with Crippen LogP contribution in [0.15, 0.2) is 36.7 Å².